The predicted octanol–water partition coefficient (Wildman–Crippen LogP) is 3.44. The first kappa shape index (κ1) is 19.0. The molecule has 0 bridgehead atoms. The summed E-state index contributed by atoms with van der Waals surface area (Å²) < 4.78 is 13.7. The Morgan fingerprint density at radius 2 is 1.75 bits per heavy atom. The summed E-state index contributed by atoms with van der Waals surface area (Å²) in [5, 5.41) is 8.26. The highest BCUT2D eigenvalue weighted by atomic mass is 19.1. The monoisotopic (exact) mass is 379 g/mol. The fraction of sp³-hybridized carbons (Fsp3) is 0.100. The van der Waals surface area contributed by atoms with Crippen LogP contribution in [0.3, 0.4) is 0 Å². The number of carbonyl (C=O) groups is 2. The fourth-order valence-corrected chi connectivity index (χ4v) is 2.46. The van der Waals surface area contributed by atoms with Crippen molar-refractivity contribution in [2.24, 2.45) is 0 Å². The number of nitrogens with one attached hydrogen (secondary N) is 3. The summed E-state index contributed by atoms with van der Waals surface area (Å²) in [4.78, 5) is 31.8. The van der Waals surface area contributed by atoms with E-state index in [1.54, 1.807) is 42.5 Å². The maximum absolute atomic E-state index is 13.7. The first-order valence-corrected chi connectivity index (χ1v) is 8.50. The number of aromatic nitrogens is 2. The Bertz CT molecular complexity index is 1010. The van der Waals surface area contributed by atoms with Crippen molar-refractivity contribution in [3.05, 3.63) is 77.9 Å². The molecule has 8 heteroatoms. The third-order valence-corrected chi connectivity index (χ3v) is 3.72. The molecule has 142 valence electrons. The van der Waals surface area contributed by atoms with E-state index in [0.717, 1.165) is 0 Å². The first-order chi connectivity index (χ1) is 13.5. The molecule has 28 heavy (non-hydrogen) atoms. The maximum atomic E-state index is 13.7. The van der Waals surface area contributed by atoms with Crippen molar-refractivity contribution in [3.63, 3.8) is 0 Å². The minimum absolute atomic E-state index is 0.149. The summed E-state index contributed by atoms with van der Waals surface area (Å²) in [7, 11) is 0. The largest absolute Gasteiger partial charge is 0.350 e. The van der Waals surface area contributed by atoms with Crippen LogP contribution in [0.2, 0.25) is 0 Å². The lowest BCUT2D eigenvalue weighted by atomic mass is 10.2. The van der Waals surface area contributed by atoms with Crippen LogP contribution in [-0.4, -0.2) is 21.8 Å². The summed E-state index contributed by atoms with van der Waals surface area (Å²) in [5.41, 5.74) is 1.70. The van der Waals surface area contributed by atoms with E-state index in [9.17, 15) is 14.0 Å². The number of hydrogen-bond acceptors (Lipinski definition) is 5. The number of anilines is 3. The second kappa shape index (κ2) is 8.72. The maximum Gasteiger partial charge on any atom is 0.274 e. The molecule has 0 saturated heterocycles. The van der Waals surface area contributed by atoms with Gasteiger partial charge in [0.2, 0.25) is 11.9 Å². The normalized spacial score (nSPS) is 10.2. The van der Waals surface area contributed by atoms with Crippen LogP contribution in [0.1, 0.15) is 23.0 Å². The summed E-state index contributed by atoms with van der Waals surface area (Å²) >= 11 is 0. The summed E-state index contributed by atoms with van der Waals surface area (Å²) in [6.07, 6.45) is 1.44. The topological polar surface area (TPSA) is 96.0 Å². The number of carbonyl (C=O) groups excluding carboxylic acids is 2. The predicted molar refractivity (Wildman–Crippen MR) is 104 cm³/mol. The molecule has 2 amide bonds. The highest BCUT2D eigenvalue weighted by molar-refractivity contribution is 6.03. The van der Waals surface area contributed by atoms with Crippen molar-refractivity contribution >= 4 is 29.1 Å². The molecule has 1 aromatic heterocycles. The Morgan fingerprint density at radius 1 is 1.00 bits per heavy atom. The van der Waals surface area contributed by atoms with Gasteiger partial charge in [0.15, 0.2) is 0 Å². The number of amides is 2. The van der Waals surface area contributed by atoms with E-state index in [-0.39, 0.29) is 29.9 Å². The molecule has 0 atom stereocenters. The second-order valence-electron chi connectivity index (χ2n) is 5.93. The lowest BCUT2D eigenvalue weighted by Crippen LogP contribution is -2.15. The smallest absolute Gasteiger partial charge is 0.274 e. The van der Waals surface area contributed by atoms with Crippen molar-refractivity contribution in [1.82, 2.24) is 9.97 Å². The van der Waals surface area contributed by atoms with Crippen LogP contribution in [0.5, 0.6) is 0 Å². The second-order valence-corrected chi connectivity index (χ2v) is 5.93. The van der Waals surface area contributed by atoms with Gasteiger partial charge in [-0.25, -0.2) is 14.4 Å². The number of nitrogens with zero attached hydrogens (tertiary/aromatic N) is 2. The van der Waals surface area contributed by atoms with Gasteiger partial charge in [0.25, 0.3) is 5.91 Å². The first-order valence-electron chi connectivity index (χ1n) is 8.50. The third-order valence-electron chi connectivity index (χ3n) is 3.72. The third kappa shape index (κ3) is 5.10. The Kier molecular flexibility index (Phi) is 5.91. The van der Waals surface area contributed by atoms with Gasteiger partial charge in [-0.3, -0.25) is 9.59 Å². The Morgan fingerprint density at radius 3 is 2.50 bits per heavy atom. The minimum Gasteiger partial charge on any atom is -0.350 e. The van der Waals surface area contributed by atoms with Gasteiger partial charge >= 0.3 is 0 Å². The van der Waals surface area contributed by atoms with Crippen LogP contribution >= 0.6 is 0 Å². The Balaban J connectivity index is 1.67. The number of hydrogen-bond donors (Lipinski definition) is 3. The van der Waals surface area contributed by atoms with Crippen molar-refractivity contribution in [2.75, 3.05) is 16.0 Å². The molecular weight excluding hydrogens is 361 g/mol. The highest BCUT2D eigenvalue weighted by Crippen LogP contribution is 2.16. The average molecular weight is 379 g/mol. The minimum atomic E-state index is -0.434. The lowest BCUT2D eigenvalue weighted by Gasteiger charge is -2.09. The number of benzene rings is 2. The summed E-state index contributed by atoms with van der Waals surface area (Å²) in [6.45, 7) is 1.60. The molecule has 0 spiro atoms. The van der Waals surface area contributed by atoms with Gasteiger partial charge in [0, 0.05) is 36.6 Å². The zero-order valence-electron chi connectivity index (χ0n) is 15.1. The fourth-order valence-electron chi connectivity index (χ4n) is 2.46. The number of rotatable bonds is 6. The van der Waals surface area contributed by atoms with Crippen LogP contribution in [0, 0.1) is 5.82 Å². The van der Waals surface area contributed by atoms with Crippen molar-refractivity contribution in [1.29, 1.82) is 0 Å². The Labute approximate surface area is 161 Å². The summed E-state index contributed by atoms with van der Waals surface area (Å²) in [6, 6.07) is 14.6. The molecule has 0 fully saturated rings. The number of halogens is 1. The van der Waals surface area contributed by atoms with E-state index in [4.69, 9.17) is 0 Å². The van der Waals surface area contributed by atoms with Crippen molar-refractivity contribution < 1.29 is 14.0 Å². The molecule has 0 radical (unpaired) electrons. The molecule has 0 saturated carbocycles. The zero-order valence-corrected chi connectivity index (χ0v) is 15.1. The molecule has 3 aromatic rings. The quantitative estimate of drug-likeness (QED) is 0.610. The lowest BCUT2D eigenvalue weighted by molar-refractivity contribution is -0.114. The van der Waals surface area contributed by atoms with Crippen LogP contribution in [0.15, 0.2) is 60.8 Å². The molecule has 7 nitrogen and oxygen atoms in total. The molecular formula is C20H18FN5O2. The van der Waals surface area contributed by atoms with Gasteiger partial charge in [-0.1, -0.05) is 24.3 Å². The van der Waals surface area contributed by atoms with E-state index < -0.39 is 5.91 Å². The van der Waals surface area contributed by atoms with E-state index in [0.29, 0.717) is 16.9 Å². The van der Waals surface area contributed by atoms with Gasteiger partial charge in [-0.15, -0.1) is 0 Å². The van der Waals surface area contributed by atoms with Gasteiger partial charge in [0.05, 0.1) is 0 Å². The average Bonchev–Trinajstić information content (AvgIpc) is 2.67. The molecule has 2 aromatic carbocycles. The molecule has 0 unspecified atom stereocenters. The zero-order chi connectivity index (χ0) is 19.9. The molecule has 3 N–H and O–H groups in total. The van der Waals surface area contributed by atoms with Crippen LogP contribution in [0.25, 0.3) is 0 Å². The van der Waals surface area contributed by atoms with Crippen LogP contribution < -0.4 is 16.0 Å². The molecule has 1 heterocycles. The standard InChI is InChI=1S/C20H18FN5O2/c1-13(27)24-15-6-4-7-16(11-15)25-19(28)18-9-10-22-20(26-18)23-12-14-5-2-3-8-17(14)21/h2-11H,12H2,1H3,(H,24,27)(H,25,28)(H,22,23,26). The van der Waals surface area contributed by atoms with Crippen molar-refractivity contribution in [2.45, 2.75) is 13.5 Å². The van der Waals surface area contributed by atoms with E-state index in [1.165, 1.54) is 25.3 Å². The SMILES string of the molecule is CC(=O)Nc1cccc(NC(=O)c2ccnc(NCc3ccccc3F)n2)c1. The van der Waals surface area contributed by atoms with E-state index in [2.05, 4.69) is 25.9 Å². The van der Waals surface area contributed by atoms with Gasteiger partial charge < -0.3 is 16.0 Å². The molecule has 0 aliphatic carbocycles. The van der Waals surface area contributed by atoms with Crippen molar-refractivity contribution in [3.8, 4) is 0 Å². The highest BCUT2D eigenvalue weighted by Gasteiger charge is 2.10. The van der Waals surface area contributed by atoms with Gasteiger partial charge in [0.1, 0.15) is 11.5 Å². The van der Waals surface area contributed by atoms with Gasteiger partial charge in [-0.2, -0.15) is 0 Å². The molecule has 3 rings (SSSR count). The van der Waals surface area contributed by atoms with Crippen LogP contribution in [-0.2, 0) is 11.3 Å². The van der Waals surface area contributed by atoms with Gasteiger partial charge in [-0.05, 0) is 30.3 Å². The van der Waals surface area contributed by atoms with Crippen LogP contribution in [0.4, 0.5) is 21.7 Å². The summed E-state index contributed by atoms with van der Waals surface area (Å²) in [5.74, 6) is -0.757. The van der Waals surface area contributed by atoms with E-state index in [1.807, 2.05) is 0 Å². The molecule has 0 aliphatic rings. The van der Waals surface area contributed by atoms with E-state index >= 15 is 0 Å². The molecule has 0 aliphatic heterocycles. The Hall–Kier alpha value is -3.81.